The molecule has 0 spiro atoms. The van der Waals surface area contributed by atoms with Crippen LogP contribution in [0.4, 0.5) is 10.1 Å². The molecule has 2 aromatic carbocycles. The first-order valence-corrected chi connectivity index (χ1v) is 10.6. The SMILES string of the molecule is Cc1nn(Cc2ccccc2Cl)c(C)c1NC(=O)c1noc(C)c1COc1cccc(F)c1. The van der Waals surface area contributed by atoms with Gasteiger partial charge in [0.25, 0.3) is 5.91 Å². The van der Waals surface area contributed by atoms with Gasteiger partial charge in [-0.15, -0.1) is 0 Å². The number of aryl methyl sites for hydroxylation is 2. The summed E-state index contributed by atoms with van der Waals surface area (Å²) >= 11 is 6.28. The lowest BCUT2D eigenvalue weighted by atomic mass is 10.2. The van der Waals surface area contributed by atoms with E-state index in [0.717, 1.165) is 11.3 Å². The van der Waals surface area contributed by atoms with Crippen molar-refractivity contribution in [1.82, 2.24) is 14.9 Å². The molecule has 0 aliphatic carbocycles. The fraction of sp³-hybridized carbons (Fsp3) is 0.208. The van der Waals surface area contributed by atoms with Gasteiger partial charge in [-0.2, -0.15) is 5.10 Å². The molecule has 1 N–H and O–H groups in total. The average Bonchev–Trinajstić information content (AvgIpc) is 3.28. The molecule has 0 saturated heterocycles. The van der Waals surface area contributed by atoms with Gasteiger partial charge in [0, 0.05) is 11.1 Å². The topological polar surface area (TPSA) is 82.2 Å². The van der Waals surface area contributed by atoms with Gasteiger partial charge < -0.3 is 14.6 Å². The smallest absolute Gasteiger partial charge is 0.278 e. The van der Waals surface area contributed by atoms with Crippen molar-refractivity contribution >= 4 is 23.2 Å². The molecule has 0 radical (unpaired) electrons. The van der Waals surface area contributed by atoms with Crippen LogP contribution in [0.5, 0.6) is 5.75 Å². The summed E-state index contributed by atoms with van der Waals surface area (Å²) in [6.07, 6.45) is 0. The fourth-order valence-electron chi connectivity index (χ4n) is 3.44. The monoisotopic (exact) mass is 468 g/mol. The van der Waals surface area contributed by atoms with Crippen molar-refractivity contribution in [1.29, 1.82) is 0 Å². The molecule has 4 aromatic rings. The van der Waals surface area contributed by atoms with E-state index in [1.165, 1.54) is 12.1 Å². The lowest BCUT2D eigenvalue weighted by Crippen LogP contribution is -2.16. The van der Waals surface area contributed by atoms with Crippen LogP contribution in [0.2, 0.25) is 5.02 Å². The Balaban J connectivity index is 1.52. The Labute approximate surface area is 195 Å². The Kier molecular flexibility index (Phi) is 6.46. The lowest BCUT2D eigenvalue weighted by Gasteiger charge is -2.09. The number of benzene rings is 2. The molecule has 0 fully saturated rings. The number of hydrogen-bond acceptors (Lipinski definition) is 5. The van der Waals surface area contributed by atoms with Crippen LogP contribution in [0.25, 0.3) is 0 Å². The van der Waals surface area contributed by atoms with Gasteiger partial charge in [-0.05, 0) is 44.5 Å². The van der Waals surface area contributed by atoms with Crippen LogP contribution < -0.4 is 10.1 Å². The summed E-state index contributed by atoms with van der Waals surface area (Å²) in [5.74, 6) is -0.0747. The van der Waals surface area contributed by atoms with Gasteiger partial charge in [0.15, 0.2) is 5.69 Å². The second kappa shape index (κ2) is 9.46. The van der Waals surface area contributed by atoms with Crippen molar-refractivity contribution in [3.05, 3.63) is 93.3 Å². The largest absolute Gasteiger partial charge is 0.489 e. The maximum Gasteiger partial charge on any atom is 0.278 e. The first-order chi connectivity index (χ1) is 15.8. The predicted molar refractivity (Wildman–Crippen MR) is 122 cm³/mol. The van der Waals surface area contributed by atoms with Crippen LogP contribution in [0.1, 0.15) is 38.8 Å². The van der Waals surface area contributed by atoms with Crippen LogP contribution in [-0.2, 0) is 13.2 Å². The molecule has 0 saturated carbocycles. The van der Waals surface area contributed by atoms with E-state index in [9.17, 15) is 9.18 Å². The summed E-state index contributed by atoms with van der Waals surface area (Å²) in [4.78, 5) is 13.0. The summed E-state index contributed by atoms with van der Waals surface area (Å²) in [5.41, 5.74) is 3.53. The number of nitrogens with zero attached hydrogens (tertiary/aromatic N) is 3. The van der Waals surface area contributed by atoms with Crippen LogP contribution in [-0.4, -0.2) is 20.8 Å². The molecule has 9 heteroatoms. The molecule has 1 amide bonds. The van der Waals surface area contributed by atoms with Crippen LogP contribution >= 0.6 is 11.6 Å². The third-order valence-electron chi connectivity index (χ3n) is 5.28. The van der Waals surface area contributed by atoms with Crippen LogP contribution in [0.3, 0.4) is 0 Å². The minimum Gasteiger partial charge on any atom is -0.489 e. The maximum atomic E-state index is 13.4. The Morgan fingerprint density at radius 1 is 1.18 bits per heavy atom. The average molecular weight is 469 g/mol. The lowest BCUT2D eigenvalue weighted by molar-refractivity contribution is 0.101. The third-order valence-corrected chi connectivity index (χ3v) is 5.65. The van der Waals surface area contributed by atoms with Gasteiger partial charge in [0.05, 0.1) is 29.2 Å². The van der Waals surface area contributed by atoms with Gasteiger partial charge >= 0.3 is 0 Å². The first-order valence-electron chi connectivity index (χ1n) is 10.3. The number of ether oxygens (including phenoxy) is 1. The van der Waals surface area contributed by atoms with Crippen LogP contribution in [0.15, 0.2) is 53.1 Å². The molecule has 0 aliphatic heterocycles. The maximum absolute atomic E-state index is 13.4. The summed E-state index contributed by atoms with van der Waals surface area (Å²) in [7, 11) is 0. The van der Waals surface area contributed by atoms with Crippen molar-refractivity contribution in [2.24, 2.45) is 0 Å². The van der Waals surface area contributed by atoms with E-state index < -0.39 is 11.7 Å². The van der Waals surface area contributed by atoms with E-state index in [1.807, 2.05) is 38.1 Å². The molecule has 4 rings (SSSR count). The highest BCUT2D eigenvalue weighted by Gasteiger charge is 2.23. The first kappa shape index (κ1) is 22.5. The van der Waals surface area contributed by atoms with Crippen molar-refractivity contribution < 1.29 is 18.4 Å². The summed E-state index contributed by atoms with van der Waals surface area (Å²) in [6, 6.07) is 13.3. The Morgan fingerprint density at radius 2 is 1.97 bits per heavy atom. The van der Waals surface area contributed by atoms with Gasteiger partial charge in [-0.3, -0.25) is 9.48 Å². The van der Waals surface area contributed by atoms with E-state index in [1.54, 1.807) is 23.7 Å². The van der Waals surface area contributed by atoms with E-state index >= 15 is 0 Å². The molecule has 0 unspecified atom stereocenters. The Bertz CT molecular complexity index is 1320. The number of hydrogen-bond donors (Lipinski definition) is 1. The number of halogens is 2. The molecule has 170 valence electrons. The second-order valence-electron chi connectivity index (χ2n) is 7.56. The molecule has 0 atom stereocenters. The molecular formula is C24H22ClFN4O3. The number of nitrogens with one attached hydrogen (secondary N) is 1. The van der Waals surface area contributed by atoms with Crippen molar-refractivity contribution in [2.75, 3.05) is 5.32 Å². The van der Waals surface area contributed by atoms with E-state index in [0.29, 0.717) is 40.0 Å². The minimum absolute atomic E-state index is 0.00523. The Hall–Kier alpha value is -3.65. The number of rotatable bonds is 7. The van der Waals surface area contributed by atoms with E-state index in [4.69, 9.17) is 20.9 Å². The standard InChI is InChI=1S/C24H22ClFN4O3/c1-14-22(15(2)30(28-14)12-17-7-4-5-10-21(17)25)27-24(31)23-20(16(3)33-29-23)13-32-19-9-6-8-18(26)11-19/h4-11H,12-13H2,1-3H3,(H,27,31). The zero-order valence-corrected chi connectivity index (χ0v) is 19.1. The fourth-order valence-corrected chi connectivity index (χ4v) is 3.64. The van der Waals surface area contributed by atoms with E-state index in [2.05, 4.69) is 15.6 Å². The molecular weight excluding hydrogens is 447 g/mol. The van der Waals surface area contributed by atoms with Gasteiger partial charge in [-0.25, -0.2) is 4.39 Å². The minimum atomic E-state index is -0.451. The molecule has 7 nitrogen and oxygen atoms in total. The van der Waals surface area contributed by atoms with Crippen LogP contribution in [0, 0.1) is 26.6 Å². The molecule has 2 heterocycles. The molecule has 2 aromatic heterocycles. The summed E-state index contributed by atoms with van der Waals surface area (Å²) in [5, 5.41) is 12.0. The normalized spacial score (nSPS) is 10.9. The number of aromatic nitrogens is 3. The molecule has 0 bridgehead atoms. The van der Waals surface area contributed by atoms with Crippen molar-refractivity contribution in [3.63, 3.8) is 0 Å². The van der Waals surface area contributed by atoms with Gasteiger partial charge in [-0.1, -0.05) is 41.0 Å². The molecule has 33 heavy (non-hydrogen) atoms. The zero-order chi connectivity index (χ0) is 23.5. The summed E-state index contributed by atoms with van der Waals surface area (Å²) < 4.78 is 26.1. The van der Waals surface area contributed by atoms with Crippen molar-refractivity contribution in [3.8, 4) is 5.75 Å². The highest BCUT2D eigenvalue weighted by Crippen LogP contribution is 2.25. The van der Waals surface area contributed by atoms with Gasteiger partial charge in [0.2, 0.25) is 0 Å². The quantitative estimate of drug-likeness (QED) is 0.389. The summed E-state index contributed by atoms with van der Waals surface area (Å²) in [6.45, 7) is 5.84. The molecule has 0 aliphatic rings. The second-order valence-corrected chi connectivity index (χ2v) is 7.97. The highest BCUT2D eigenvalue weighted by molar-refractivity contribution is 6.31. The number of carbonyl (C=O) groups excluding carboxylic acids is 1. The predicted octanol–water partition coefficient (Wildman–Crippen LogP) is 5.47. The zero-order valence-electron chi connectivity index (χ0n) is 18.4. The number of amides is 1. The number of anilines is 1. The third kappa shape index (κ3) is 4.90. The Morgan fingerprint density at radius 3 is 2.73 bits per heavy atom. The van der Waals surface area contributed by atoms with E-state index in [-0.39, 0.29) is 12.3 Å². The van der Waals surface area contributed by atoms with Crippen molar-refractivity contribution in [2.45, 2.75) is 33.9 Å². The highest BCUT2D eigenvalue weighted by atomic mass is 35.5. The number of carbonyl (C=O) groups is 1. The van der Waals surface area contributed by atoms with Gasteiger partial charge in [0.1, 0.15) is 23.9 Å².